The number of carbonyl (C=O) groups excluding carboxylic acids is 2. The van der Waals surface area contributed by atoms with E-state index in [1.807, 2.05) is 6.92 Å². The lowest BCUT2D eigenvalue weighted by Crippen LogP contribution is -2.45. The molecule has 2 N–H and O–H groups in total. The monoisotopic (exact) mass is 364 g/mol. The quantitative estimate of drug-likeness (QED) is 0.586. The van der Waals surface area contributed by atoms with E-state index in [2.05, 4.69) is 10.6 Å². The van der Waals surface area contributed by atoms with Gasteiger partial charge in [0.1, 0.15) is 5.41 Å². The standard InChI is InChI=1S/C16H20ClF3N2O2/c1-4-5-8-21-13(23)15(2,3)14(24)22-10-6-7-12(17)11(9-10)16(18,19)20/h6-7,9H,4-5,8H2,1-3H3,(H,21,23)(H,22,24). The zero-order valence-corrected chi connectivity index (χ0v) is 14.4. The van der Waals surface area contributed by atoms with Crippen LogP contribution in [0.2, 0.25) is 5.02 Å². The van der Waals surface area contributed by atoms with Crippen LogP contribution in [0, 0.1) is 5.41 Å². The van der Waals surface area contributed by atoms with Crippen LogP contribution < -0.4 is 10.6 Å². The first-order chi connectivity index (χ1) is 11.0. The fraction of sp³-hybridized carbons (Fsp3) is 0.500. The molecule has 0 aliphatic rings. The van der Waals surface area contributed by atoms with Gasteiger partial charge in [0.25, 0.3) is 0 Å². The van der Waals surface area contributed by atoms with Gasteiger partial charge in [0.2, 0.25) is 11.8 Å². The summed E-state index contributed by atoms with van der Waals surface area (Å²) >= 11 is 5.53. The smallest absolute Gasteiger partial charge is 0.355 e. The lowest BCUT2D eigenvalue weighted by Gasteiger charge is -2.23. The van der Waals surface area contributed by atoms with Crippen LogP contribution in [-0.2, 0) is 15.8 Å². The SMILES string of the molecule is CCCCNC(=O)C(C)(C)C(=O)Nc1ccc(Cl)c(C(F)(F)F)c1. The van der Waals surface area contributed by atoms with E-state index >= 15 is 0 Å². The fourth-order valence-electron chi connectivity index (χ4n) is 1.81. The lowest BCUT2D eigenvalue weighted by atomic mass is 9.91. The van der Waals surface area contributed by atoms with Gasteiger partial charge < -0.3 is 10.6 Å². The third-order valence-corrected chi connectivity index (χ3v) is 3.81. The minimum Gasteiger partial charge on any atom is -0.355 e. The van der Waals surface area contributed by atoms with Crippen LogP contribution in [0.1, 0.15) is 39.2 Å². The molecule has 4 nitrogen and oxygen atoms in total. The number of alkyl halides is 3. The van der Waals surface area contributed by atoms with Crippen LogP contribution in [0.25, 0.3) is 0 Å². The van der Waals surface area contributed by atoms with E-state index in [0.29, 0.717) is 6.54 Å². The Balaban J connectivity index is 2.88. The van der Waals surface area contributed by atoms with Crippen molar-refractivity contribution in [2.24, 2.45) is 5.41 Å². The molecule has 0 radical (unpaired) electrons. The van der Waals surface area contributed by atoms with E-state index in [4.69, 9.17) is 11.6 Å². The lowest BCUT2D eigenvalue weighted by molar-refractivity contribution is -0.139. The Morgan fingerprint density at radius 1 is 1.17 bits per heavy atom. The minimum absolute atomic E-state index is 0.0776. The number of benzene rings is 1. The van der Waals surface area contributed by atoms with Crippen LogP contribution in [0.5, 0.6) is 0 Å². The van der Waals surface area contributed by atoms with Gasteiger partial charge in [0.15, 0.2) is 0 Å². The number of carbonyl (C=O) groups is 2. The molecule has 24 heavy (non-hydrogen) atoms. The summed E-state index contributed by atoms with van der Waals surface area (Å²) in [5.74, 6) is -1.19. The zero-order valence-electron chi connectivity index (χ0n) is 13.7. The molecule has 0 fully saturated rings. The number of unbranched alkanes of at least 4 members (excludes halogenated alkanes) is 1. The number of amides is 2. The summed E-state index contributed by atoms with van der Waals surface area (Å²) < 4.78 is 38.5. The maximum atomic E-state index is 12.8. The van der Waals surface area contributed by atoms with Crippen molar-refractivity contribution < 1.29 is 22.8 Å². The van der Waals surface area contributed by atoms with Gasteiger partial charge in [-0.1, -0.05) is 24.9 Å². The maximum absolute atomic E-state index is 12.8. The van der Waals surface area contributed by atoms with E-state index in [0.717, 1.165) is 25.0 Å². The molecule has 1 aromatic carbocycles. The second-order valence-electron chi connectivity index (χ2n) is 5.88. The van der Waals surface area contributed by atoms with Crippen molar-refractivity contribution in [1.29, 1.82) is 0 Å². The summed E-state index contributed by atoms with van der Waals surface area (Å²) in [6.07, 6.45) is -2.97. The molecule has 8 heteroatoms. The van der Waals surface area contributed by atoms with Crippen molar-refractivity contribution in [3.05, 3.63) is 28.8 Å². The number of halogens is 4. The van der Waals surface area contributed by atoms with Crippen LogP contribution in [0.15, 0.2) is 18.2 Å². The molecule has 0 saturated heterocycles. The average molecular weight is 365 g/mol. The zero-order chi connectivity index (χ0) is 18.5. The second-order valence-corrected chi connectivity index (χ2v) is 6.29. The van der Waals surface area contributed by atoms with Gasteiger partial charge in [-0.05, 0) is 38.5 Å². The molecule has 0 spiro atoms. The third kappa shape index (κ3) is 5.12. The average Bonchev–Trinajstić information content (AvgIpc) is 2.48. The van der Waals surface area contributed by atoms with Crippen LogP contribution >= 0.6 is 11.6 Å². The van der Waals surface area contributed by atoms with Gasteiger partial charge in [-0.15, -0.1) is 0 Å². The highest BCUT2D eigenvalue weighted by atomic mass is 35.5. The Morgan fingerprint density at radius 3 is 2.33 bits per heavy atom. The van der Waals surface area contributed by atoms with Gasteiger partial charge in [-0.3, -0.25) is 9.59 Å². The van der Waals surface area contributed by atoms with Crippen molar-refractivity contribution in [2.45, 2.75) is 39.8 Å². The first-order valence-corrected chi connectivity index (χ1v) is 7.84. The first-order valence-electron chi connectivity index (χ1n) is 7.46. The van der Waals surface area contributed by atoms with Crippen LogP contribution in [0.4, 0.5) is 18.9 Å². The van der Waals surface area contributed by atoms with Gasteiger partial charge in [0, 0.05) is 12.2 Å². The first kappa shape index (κ1) is 20.3. The summed E-state index contributed by atoms with van der Waals surface area (Å²) in [6.45, 7) is 5.21. The van der Waals surface area contributed by atoms with E-state index in [1.54, 1.807) is 0 Å². The van der Waals surface area contributed by atoms with E-state index in [-0.39, 0.29) is 5.69 Å². The van der Waals surface area contributed by atoms with Crippen molar-refractivity contribution in [3.63, 3.8) is 0 Å². The Kier molecular flexibility index (Phi) is 6.66. The van der Waals surface area contributed by atoms with Gasteiger partial charge in [-0.25, -0.2) is 0 Å². The molecular formula is C16H20ClF3N2O2. The molecule has 1 rings (SSSR count). The molecule has 1 aromatic rings. The second kappa shape index (κ2) is 7.88. The molecule has 0 unspecified atom stereocenters. The van der Waals surface area contributed by atoms with Gasteiger partial charge in [-0.2, -0.15) is 13.2 Å². The molecule has 0 aliphatic carbocycles. The van der Waals surface area contributed by atoms with Crippen molar-refractivity contribution >= 4 is 29.1 Å². The van der Waals surface area contributed by atoms with Crippen molar-refractivity contribution in [1.82, 2.24) is 5.32 Å². The van der Waals surface area contributed by atoms with Crippen molar-refractivity contribution in [2.75, 3.05) is 11.9 Å². The van der Waals surface area contributed by atoms with E-state index < -0.39 is 34.0 Å². The summed E-state index contributed by atoms with van der Waals surface area (Å²) in [4.78, 5) is 24.3. The Hall–Kier alpha value is -1.76. The number of hydrogen-bond donors (Lipinski definition) is 2. The molecule has 0 atom stereocenters. The molecule has 0 bridgehead atoms. The van der Waals surface area contributed by atoms with Crippen molar-refractivity contribution in [3.8, 4) is 0 Å². The van der Waals surface area contributed by atoms with E-state index in [1.165, 1.54) is 19.9 Å². The highest BCUT2D eigenvalue weighted by Gasteiger charge is 2.37. The molecule has 0 aliphatic heterocycles. The van der Waals surface area contributed by atoms with Gasteiger partial charge in [0.05, 0.1) is 10.6 Å². The minimum atomic E-state index is -4.63. The van der Waals surface area contributed by atoms with Crippen LogP contribution in [-0.4, -0.2) is 18.4 Å². The number of hydrogen-bond acceptors (Lipinski definition) is 2. The summed E-state index contributed by atoms with van der Waals surface area (Å²) in [7, 11) is 0. The molecular weight excluding hydrogens is 345 g/mol. The Morgan fingerprint density at radius 2 is 1.79 bits per heavy atom. The molecule has 134 valence electrons. The van der Waals surface area contributed by atoms with Gasteiger partial charge >= 0.3 is 6.18 Å². The normalized spacial score (nSPS) is 12.0. The highest BCUT2D eigenvalue weighted by molar-refractivity contribution is 6.31. The predicted octanol–water partition coefficient (Wildman–Crippen LogP) is 4.24. The topological polar surface area (TPSA) is 58.2 Å². The predicted molar refractivity (Wildman–Crippen MR) is 86.8 cm³/mol. The summed E-state index contributed by atoms with van der Waals surface area (Å²) in [5, 5.41) is 4.51. The highest BCUT2D eigenvalue weighted by Crippen LogP contribution is 2.36. The maximum Gasteiger partial charge on any atom is 0.417 e. The van der Waals surface area contributed by atoms with E-state index in [9.17, 15) is 22.8 Å². The number of rotatable bonds is 6. The number of anilines is 1. The fourth-order valence-corrected chi connectivity index (χ4v) is 2.04. The largest absolute Gasteiger partial charge is 0.417 e. The third-order valence-electron chi connectivity index (χ3n) is 3.48. The molecule has 0 heterocycles. The Labute approximate surface area is 143 Å². The summed E-state index contributed by atoms with van der Waals surface area (Å²) in [6, 6.07) is 3.04. The number of nitrogens with one attached hydrogen (secondary N) is 2. The molecule has 0 saturated carbocycles. The summed E-state index contributed by atoms with van der Waals surface area (Å²) in [5.41, 5.74) is -2.55. The molecule has 2 amide bonds. The molecule has 0 aromatic heterocycles. The van der Waals surface area contributed by atoms with Crippen LogP contribution in [0.3, 0.4) is 0 Å². The Bertz CT molecular complexity index is 616.